The highest BCUT2D eigenvalue weighted by atomic mass is 35.5. The first-order chi connectivity index (χ1) is 11.6. The van der Waals surface area contributed by atoms with Crippen LogP contribution in [0.2, 0.25) is 5.02 Å². The van der Waals surface area contributed by atoms with E-state index in [4.69, 9.17) is 16.3 Å². The minimum Gasteiger partial charge on any atom is -0.477 e. The molecule has 8 heteroatoms. The fourth-order valence-corrected chi connectivity index (χ4v) is 2.96. The van der Waals surface area contributed by atoms with E-state index < -0.39 is 0 Å². The summed E-state index contributed by atoms with van der Waals surface area (Å²) in [5.41, 5.74) is 0.480. The van der Waals surface area contributed by atoms with E-state index in [-0.39, 0.29) is 5.91 Å². The van der Waals surface area contributed by atoms with E-state index in [1.54, 1.807) is 12.3 Å². The Morgan fingerprint density at radius 3 is 2.62 bits per heavy atom. The van der Waals surface area contributed by atoms with Crippen LogP contribution in [-0.4, -0.2) is 58.1 Å². The molecule has 1 aliphatic rings. The zero-order chi connectivity index (χ0) is 17.1. The van der Waals surface area contributed by atoms with E-state index in [1.807, 2.05) is 29.6 Å². The Hall–Kier alpha value is -2.28. The van der Waals surface area contributed by atoms with Crippen LogP contribution in [0.25, 0.3) is 0 Å². The van der Waals surface area contributed by atoms with E-state index in [2.05, 4.69) is 14.9 Å². The van der Waals surface area contributed by atoms with Crippen LogP contribution in [0, 0.1) is 0 Å². The van der Waals surface area contributed by atoms with Gasteiger partial charge in [0.15, 0.2) is 0 Å². The molecule has 0 aromatic carbocycles. The molecule has 0 spiro atoms. The molecule has 1 fully saturated rings. The lowest BCUT2D eigenvalue weighted by Gasteiger charge is -2.35. The second-order valence-corrected chi connectivity index (χ2v) is 5.97. The van der Waals surface area contributed by atoms with Crippen LogP contribution in [0.4, 0.5) is 5.95 Å². The Morgan fingerprint density at radius 1 is 1.29 bits per heavy atom. The minimum absolute atomic E-state index is 0.0630. The molecule has 2 aromatic heterocycles. The van der Waals surface area contributed by atoms with Crippen molar-refractivity contribution >= 4 is 23.5 Å². The van der Waals surface area contributed by atoms with Crippen molar-refractivity contribution in [2.24, 2.45) is 7.05 Å². The van der Waals surface area contributed by atoms with Crippen LogP contribution in [0.1, 0.15) is 17.3 Å². The Kier molecular flexibility index (Phi) is 4.89. The van der Waals surface area contributed by atoms with E-state index in [1.165, 1.54) is 6.20 Å². The number of hydrogen-bond donors (Lipinski definition) is 0. The fourth-order valence-electron chi connectivity index (χ4n) is 2.74. The van der Waals surface area contributed by atoms with E-state index in [0.29, 0.717) is 36.2 Å². The molecule has 0 aliphatic carbocycles. The topological polar surface area (TPSA) is 63.5 Å². The van der Waals surface area contributed by atoms with Gasteiger partial charge in [-0.1, -0.05) is 11.6 Å². The van der Waals surface area contributed by atoms with Crippen LogP contribution in [0.15, 0.2) is 24.7 Å². The second kappa shape index (κ2) is 7.09. The minimum atomic E-state index is -0.0630. The summed E-state index contributed by atoms with van der Waals surface area (Å²) in [5, 5.41) is 0.356. The number of ether oxygens (including phenoxy) is 1. The number of amides is 1. The van der Waals surface area contributed by atoms with Gasteiger partial charge in [-0.25, -0.2) is 9.97 Å². The third-order valence-electron chi connectivity index (χ3n) is 3.98. The monoisotopic (exact) mass is 349 g/mol. The summed E-state index contributed by atoms with van der Waals surface area (Å²) < 4.78 is 7.28. The van der Waals surface area contributed by atoms with Gasteiger partial charge in [-0.15, -0.1) is 0 Å². The standard InChI is InChI=1S/C16H20ClN5O2/c1-3-24-14-13(17)10-12(11-19-14)15(23)21-6-8-22(9-7-21)16-18-4-5-20(16)2/h4-5,10-11H,3,6-9H2,1-2H3. The Bertz CT molecular complexity index is 725. The third kappa shape index (κ3) is 3.31. The van der Waals surface area contributed by atoms with E-state index in [0.717, 1.165) is 19.0 Å². The molecule has 0 atom stereocenters. The quantitative estimate of drug-likeness (QED) is 0.842. The third-order valence-corrected chi connectivity index (χ3v) is 4.25. The van der Waals surface area contributed by atoms with Gasteiger partial charge in [0, 0.05) is 51.8 Å². The molecule has 1 saturated heterocycles. The van der Waals surface area contributed by atoms with Crippen molar-refractivity contribution in [2.45, 2.75) is 6.92 Å². The van der Waals surface area contributed by atoms with Crippen molar-refractivity contribution in [3.05, 3.63) is 35.2 Å². The lowest BCUT2D eigenvalue weighted by atomic mass is 10.2. The molecule has 0 N–H and O–H groups in total. The number of carbonyl (C=O) groups is 1. The molecule has 24 heavy (non-hydrogen) atoms. The molecular weight excluding hydrogens is 330 g/mol. The number of aryl methyl sites for hydroxylation is 1. The van der Waals surface area contributed by atoms with Gasteiger partial charge < -0.3 is 19.1 Å². The molecule has 1 aliphatic heterocycles. The maximum absolute atomic E-state index is 12.6. The zero-order valence-corrected chi connectivity index (χ0v) is 14.5. The van der Waals surface area contributed by atoms with E-state index in [9.17, 15) is 4.79 Å². The SMILES string of the molecule is CCOc1ncc(C(=O)N2CCN(c3nccn3C)CC2)cc1Cl. The van der Waals surface area contributed by atoms with Crippen molar-refractivity contribution in [3.63, 3.8) is 0 Å². The molecule has 0 unspecified atom stereocenters. The average molecular weight is 350 g/mol. The largest absolute Gasteiger partial charge is 0.477 e. The first-order valence-corrected chi connectivity index (χ1v) is 8.28. The summed E-state index contributed by atoms with van der Waals surface area (Å²) in [6, 6.07) is 1.62. The van der Waals surface area contributed by atoms with Gasteiger partial charge in [0.2, 0.25) is 11.8 Å². The lowest BCUT2D eigenvalue weighted by Crippen LogP contribution is -2.49. The number of pyridine rings is 1. The van der Waals surface area contributed by atoms with Crippen LogP contribution >= 0.6 is 11.6 Å². The number of rotatable bonds is 4. The van der Waals surface area contributed by atoms with E-state index >= 15 is 0 Å². The maximum atomic E-state index is 12.6. The molecule has 128 valence electrons. The summed E-state index contributed by atoms with van der Waals surface area (Å²) in [6.07, 6.45) is 5.21. The van der Waals surface area contributed by atoms with Gasteiger partial charge >= 0.3 is 0 Å². The Balaban J connectivity index is 1.65. The lowest BCUT2D eigenvalue weighted by molar-refractivity contribution is 0.0745. The fraction of sp³-hybridized carbons (Fsp3) is 0.438. The predicted octanol–water partition coefficient (Wildman–Crippen LogP) is 1.83. The summed E-state index contributed by atoms with van der Waals surface area (Å²) in [6.45, 7) is 5.10. The van der Waals surface area contributed by atoms with Crippen molar-refractivity contribution in [1.82, 2.24) is 19.4 Å². The smallest absolute Gasteiger partial charge is 0.255 e. The summed E-state index contributed by atoms with van der Waals surface area (Å²) >= 11 is 6.12. The van der Waals surface area contributed by atoms with Crippen LogP contribution in [-0.2, 0) is 7.05 Å². The van der Waals surface area contributed by atoms with Crippen LogP contribution in [0.5, 0.6) is 5.88 Å². The van der Waals surface area contributed by atoms with Crippen molar-refractivity contribution in [1.29, 1.82) is 0 Å². The molecule has 7 nitrogen and oxygen atoms in total. The van der Waals surface area contributed by atoms with Gasteiger partial charge in [-0.2, -0.15) is 0 Å². The van der Waals surface area contributed by atoms with Crippen LogP contribution in [0.3, 0.4) is 0 Å². The highest BCUT2D eigenvalue weighted by Crippen LogP contribution is 2.23. The van der Waals surface area contributed by atoms with Crippen molar-refractivity contribution in [3.8, 4) is 5.88 Å². The molecule has 0 bridgehead atoms. The molecule has 3 rings (SSSR count). The van der Waals surface area contributed by atoms with Gasteiger partial charge in [0.1, 0.15) is 5.02 Å². The van der Waals surface area contributed by atoms with Gasteiger partial charge in [-0.3, -0.25) is 4.79 Å². The molecule has 2 aromatic rings. The number of piperazine rings is 1. The summed E-state index contributed by atoms with van der Waals surface area (Å²) in [7, 11) is 1.97. The number of anilines is 1. The highest BCUT2D eigenvalue weighted by Gasteiger charge is 2.24. The van der Waals surface area contributed by atoms with Gasteiger partial charge in [-0.05, 0) is 13.0 Å². The van der Waals surface area contributed by atoms with Gasteiger partial charge in [0.25, 0.3) is 5.91 Å². The number of aromatic nitrogens is 3. The Labute approximate surface area is 145 Å². The van der Waals surface area contributed by atoms with Crippen LogP contribution < -0.4 is 9.64 Å². The summed E-state index contributed by atoms with van der Waals surface area (Å²) in [5.74, 6) is 1.22. The second-order valence-electron chi connectivity index (χ2n) is 5.56. The Morgan fingerprint density at radius 2 is 2.04 bits per heavy atom. The molecule has 0 radical (unpaired) electrons. The average Bonchev–Trinajstić information content (AvgIpc) is 3.02. The molecule has 1 amide bonds. The van der Waals surface area contributed by atoms with Gasteiger partial charge in [0.05, 0.1) is 12.2 Å². The zero-order valence-electron chi connectivity index (χ0n) is 13.8. The molecule has 3 heterocycles. The maximum Gasteiger partial charge on any atom is 0.255 e. The first kappa shape index (κ1) is 16.6. The molecule has 0 saturated carbocycles. The van der Waals surface area contributed by atoms with Crippen molar-refractivity contribution < 1.29 is 9.53 Å². The highest BCUT2D eigenvalue weighted by molar-refractivity contribution is 6.32. The number of halogens is 1. The van der Waals surface area contributed by atoms with Crippen molar-refractivity contribution in [2.75, 3.05) is 37.7 Å². The number of carbonyl (C=O) groups excluding carboxylic acids is 1. The first-order valence-electron chi connectivity index (χ1n) is 7.90. The molecular formula is C16H20ClN5O2. The number of nitrogens with zero attached hydrogens (tertiary/aromatic N) is 5. The predicted molar refractivity (Wildman–Crippen MR) is 91.7 cm³/mol. The normalized spacial score (nSPS) is 14.8. The number of hydrogen-bond acceptors (Lipinski definition) is 5. The number of imidazole rings is 1. The summed E-state index contributed by atoms with van der Waals surface area (Å²) in [4.78, 5) is 25.1.